The standard InChI is InChI=1S/C16H18ClNO3/c1-18(16(19)15-5-4-12-21-15)10-2-3-11-20-14-8-6-13(17)7-9-14/h4-9,12H,2-3,10-11H2,1H3. The third kappa shape index (κ3) is 4.83. The SMILES string of the molecule is CN(CCCCOc1ccc(Cl)cc1)C(=O)c1ccco1. The molecule has 1 aromatic carbocycles. The highest BCUT2D eigenvalue weighted by Crippen LogP contribution is 2.15. The van der Waals surface area contributed by atoms with Gasteiger partial charge in [-0.1, -0.05) is 11.6 Å². The van der Waals surface area contributed by atoms with E-state index in [4.69, 9.17) is 20.8 Å². The fraction of sp³-hybridized carbons (Fsp3) is 0.312. The lowest BCUT2D eigenvalue weighted by Crippen LogP contribution is -2.27. The molecular weight excluding hydrogens is 290 g/mol. The number of unbranched alkanes of at least 4 members (excludes halogenated alkanes) is 1. The summed E-state index contributed by atoms with van der Waals surface area (Å²) in [6.07, 6.45) is 3.25. The number of furan rings is 1. The van der Waals surface area contributed by atoms with Gasteiger partial charge in [0.2, 0.25) is 0 Å². The molecule has 2 aromatic rings. The lowest BCUT2D eigenvalue weighted by molar-refractivity contribution is 0.0759. The molecule has 0 aliphatic rings. The second-order valence-corrected chi connectivity index (χ2v) is 5.15. The molecule has 0 atom stereocenters. The van der Waals surface area contributed by atoms with Gasteiger partial charge in [0.05, 0.1) is 12.9 Å². The molecule has 0 spiro atoms. The minimum atomic E-state index is -0.0985. The molecule has 0 fully saturated rings. The highest BCUT2D eigenvalue weighted by atomic mass is 35.5. The quantitative estimate of drug-likeness (QED) is 0.729. The Morgan fingerprint density at radius 2 is 2.00 bits per heavy atom. The molecule has 2 rings (SSSR count). The van der Waals surface area contributed by atoms with Gasteiger partial charge in [-0.3, -0.25) is 4.79 Å². The molecule has 1 heterocycles. The first kappa shape index (κ1) is 15.4. The van der Waals surface area contributed by atoms with Crippen molar-refractivity contribution in [2.24, 2.45) is 0 Å². The van der Waals surface area contributed by atoms with Crippen LogP contribution < -0.4 is 4.74 Å². The first-order valence-corrected chi connectivity index (χ1v) is 7.22. The highest BCUT2D eigenvalue weighted by Gasteiger charge is 2.13. The Morgan fingerprint density at radius 3 is 2.67 bits per heavy atom. The predicted octanol–water partition coefficient (Wildman–Crippen LogP) is 3.86. The van der Waals surface area contributed by atoms with E-state index >= 15 is 0 Å². The number of hydrogen-bond acceptors (Lipinski definition) is 3. The summed E-state index contributed by atoms with van der Waals surface area (Å²) in [6.45, 7) is 1.29. The number of carbonyl (C=O) groups is 1. The van der Waals surface area contributed by atoms with Crippen LogP contribution in [-0.2, 0) is 0 Å². The normalized spacial score (nSPS) is 10.4. The van der Waals surface area contributed by atoms with Gasteiger partial charge < -0.3 is 14.1 Å². The number of amides is 1. The Labute approximate surface area is 129 Å². The number of rotatable bonds is 7. The Bertz CT molecular complexity index is 551. The second kappa shape index (κ2) is 7.74. The molecule has 0 bridgehead atoms. The van der Waals surface area contributed by atoms with Crippen LogP contribution in [0, 0.1) is 0 Å². The monoisotopic (exact) mass is 307 g/mol. The molecule has 0 saturated heterocycles. The molecular formula is C16H18ClNO3. The molecule has 0 unspecified atom stereocenters. The van der Waals surface area contributed by atoms with E-state index in [1.165, 1.54) is 6.26 Å². The summed E-state index contributed by atoms with van der Waals surface area (Å²) < 4.78 is 10.7. The van der Waals surface area contributed by atoms with Crippen LogP contribution in [-0.4, -0.2) is 31.0 Å². The van der Waals surface area contributed by atoms with Gasteiger partial charge in [0, 0.05) is 18.6 Å². The zero-order chi connectivity index (χ0) is 15.1. The van der Waals surface area contributed by atoms with E-state index in [1.54, 1.807) is 36.2 Å². The summed E-state index contributed by atoms with van der Waals surface area (Å²) in [7, 11) is 1.77. The molecule has 0 aliphatic heterocycles. The maximum Gasteiger partial charge on any atom is 0.289 e. The average Bonchev–Trinajstić information content (AvgIpc) is 3.02. The number of benzene rings is 1. The van der Waals surface area contributed by atoms with E-state index < -0.39 is 0 Å². The number of hydrogen-bond donors (Lipinski definition) is 0. The lowest BCUT2D eigenvalue weighted by atomic mass is 10.3. The van der Waals surface area contributed by atoms with Gasteiger partial charge in [-0.15, -0.1) is 0 Å². The molecule has 5 heteroatoms. The zero-order valence-corrected chi connectivity index (χ0v) is 12.7. The summed E-state index contributed by atoms with van der Waals surface area (Å²) in [5.41, 5.74) is 0. The van der Waals surface area contributed by atoms with E-state index in [-0.39, 0.29) is 5.91 Å². The van der Waals surface area contributed by atoms with E-state index in [0.717, 1.165) is 18.6 Å². The van der Waals surface area contributed by atoms with Gasteiger partial charge in [0.15, 0.2) is 5.76 Å². The molecule has 1 amide bonds. The number of ether oxygens (including phenoxy) is 1. The molecule has 21 heavy (non-hydrogen) atoms. The van der Waals surface area contributed by atoms with Gasteiger partial charge in [0.1, 0.15) is 5.75 Å². The fourth-order valence-electron chi connectivity index (χ4n) is 1.86. The van der Waals surface area contributed by atoms with Crippen molar-refractivity contribution in [2.45, 2.75) is 12.8 Å². The maximum absolute atomic E-state index is 11.9. The van der Waals surface area contributed by atoms with E-state index in [9.17, 15) is 4.79 Å². The van der Waals surface area contributed by atoms with E-state index in [1.807, 2.05) is 12.1 Å². The van der Waals surface area contributed by atoms with Crippen LogP contribution in [0.5, 0.6) is 5.75 Å². The number of carbonyl (C=O) groups excluding carboxylic acids is 1. The number of halogens is 1. The Kier molecular flexibility index (Phi) is 5.69. The Morgan fingerprint density at radius 1 is 1.24 bits per heavy atom. The largest absolute Gasteiger partial charge is 0.494 e. The van der Waals surface area contributed by atoms with Gasteiger partial charge >= 0.3 is 0 Å². The predicted molar refractivity (Wildman–Crippen MR) is 81.8 cm³/mol. The molecule has 112 valence electrons. The van der Waals surface area contributed by atoms with Gasteiger partial charge in [-0.25, -0.2) is 0 Å². The van der Waals surface area contributed by atoms with Crippen molar-refractivity contribution < 1.29 is 13.9 Å². The van der Waals surface area contributed by atoms with Crippen LogP contribution in [0.15, 0.2) is 47.1 Å². The molecule has 0 aliphatic carbocycles. The average molecular weight is 308 g/mol. The van der Waals surface area contributed by atoms with Crippen molar-refractivity contribution in [1.82, 2.24) is 4.90 Å². The smallest absolute Gasteiger partial charge is 0.289 e. The van der Waals surface area contributed by atoms with Crippen LogP contribution in [0.1, 0.15) is 23.4 Å². The van der Waals surface area contributed by atoms with Gasteiger partial charge in [0.25, 0.3) is 5.91 Å². The van der Waals surface area contributed by atoms with Crippen molar-refractivity contribution in [1.29, 1.82) is 0 Å². The Balaban J connectivity index is 1.63. The van der Waals surface area contributed by atoms with Gasteiger partial charge in [-0.2, -0.15) is 0 Å². The van der Waals surface area contributed by atoms with Crippen molar-refractivity contribution in [3.63, 3.8) is 0 Å². The molecule has 0 saturated carbocycles. The molecule has 0 radical (unpaired) electrons. The molecule has 1 aromatic heterocycles. The maximum atomic E-state index is 11.9. The fourth-order valence-corrected chi connectivity index (χ4v) is 1.99. The van der Waals surface area contributed by atoms with Crippen LogP contribution in [0.2, 0.25) is 5.02 Å². The first-order chi connectivity index (χ1) is 10.2. The van der Waals surface area contributed by atoms with Gasteiger partial charge in [-0.05, 0) is 49.2 Å². The first-order valence-electron chi connectivity index (χ1n) is 6.84. The van der Waals surface area contributed by atoms with Crippen LogP contribution in [0.25, 0.3) is 0 Å². The van der Waals surface area contributed by atoms with E-state index in [0.29, 0.717) is 23.9 Å². The van der Waals surface area contributed by atoms with Crippen molar-refractivity contribution in [3.05, 3.63) is 53.4 Å². The summed E-state index contributed by atoms with van der Waals surface area (Å²) in [4.78, 5) is 13.6. The third-order valence-electron chi connectivity index (χ3n) is 3.05. The minimum absolute atomic E-state index is 0.0985. The van der Waals surface area contributed by atoms with Crippen molar-refractivity contribution >= 4 is 17.5 Å². The van der Waals surface area contributed by atoms with Crippen LogP contribution >= 0.6 is 11.6 Å². The summed E-state index contributed by atoms with van der Waals surface area (Å²) in [6, 6.07) is 10.7. The topological polar surface area (TPSA) is 42.7 Å². The minimum Gasteiger partial charge on any atom is -0.494 e. The van der Waals surface area contributed by atoms with Crippen molar-refractivity contribution in [2.75, 3.05) is 20.2 Å². The summed E-state index contributed by atoms with van der Waals surface area (Å²) in [5.74, 6) is 1.08. The number of nitrogens with zero attached hydrogens (tertiary/aromatic N) is 1. The molecule has 0 N–H and O–H groups in total. The highest BCUT2D eigenvalue weighted by molar-refractivity contribution is 6.30. The van der Waals surface area contributed by atoms with Crippen LogP contribution in [0.4, 0.5) is 0 Å². The summed E-state index contributed by atoms with van der Waals surface area (Å²) in [5, 5.41) is 0.695. The van der Waals surface area contributed by atoms with Crippen LogP contribution in [0.3, 0.4) is 0 Å². The second-order valence-electron chi connectivity index (χ2n) is 4.71. The zero-order valence-electron chi connectivity index (χ0n) is 11.9. The summed E-state index contributed by atoms with van der Waals surface area (Å²) >= 11 is 5.80. The molecule has 4 nitrogen and oxygen atoms in total. The third-order valence-corrected chi connectivity index (χ3v) is 3.30. The Hall–Kier alpha value is -1.94. The van der Waals surface area contributed by atoms with E-state index in [2.05, 4.69) is 0 Å². The van der Waals surface area contributed by atoms with Crippen molar-refractivity contribution in [3.8, 4) is 5.75 Å². The lowest BCUT2D eigenvalue weighted by Gasteiger charge is -2.15.